The molecule has 2 heterocycles. The van der Waals surface area contributed by atoms with Crippen molar-refractivity contribution in [3.8, 4) is 11.3 Å². The molecule has 2 atom stereocenters. The molecule has 20 heavy (non-hydrogen) atoms. The molecule has 1 aliphatic rings. The topological polar surface area (TPSA) is 91.5 Å². The number of hydrogen-bond donors (Lipinski definition) is 2. The van der Waals surface area contributed by atoms with E-state index in [2.05, 4.69) is 26.7 Å². The molecule has 1 aliphatic carbocycles. The van der Waals surface area contributed by atoms with Crippen molar-refractivity contribution in [1.82, 2.24) is 20.2 Å². The van der Waals surface area contributed by atoms with Gasteiger partial charge in [0.05, 0.1) is 11.3 Å². The van der Waals surface area contributed by atoms with E-state index in [0.717, 1.165) is 17.7 Å². The van der Waals surface area contributed by atoms with Gasteiger partial charge in [-0.25, -0.2) is 4.79 Å². The Hall–Kier alpha value is -2.50. The smallest absolute Gasteiger partial charge is 0.313 e. The standard InChI is InChI=1S/C14H14N4O2/c1-3-8-4-10(8)9-5-12(18-17-7(9)2)11-6-15-14(20)16-13(11)19/h3,5-6,8,10H,1,4H2,2H3,(H2,15,16,19,20). The molecule has 0 bridgehead atoms. The predicted molar refractivity (Wildman–Crippen MR) is 74.5 cm³/mol. The van der Waals surface area contributed by atoms with E-state index in [9.17, 15) is 9.59 Å². The number of aromatic nitrogens is 4. The summed E-state index contributed by atoms with van der Waals surface area (Å²) in [6.45, 7) is 5.71. The Morgan fingerprint density at radius 3 is 2.85 bits per heavy atom. The van der Waals surface area contributed by atoms with Gasteiger partial charge < -0.3 is 4.98 Å². The highest BCUT2D eigenvalue weighted by Gasteiger charge is 2.37. The van der Waals surface area contributed by atoms with Crippen molar-refractivity contribution in [2.24, 2.45) is 5.92 Å². The summed E-state index contributed by atoms with van der Waals surface area (Å²) < 4.78 is 0. The average molecular weight is 270 g/mol. The van der Waals surface area contributed by atoms with Crippen LogP contribution in [0.2, 0.25) is 0 Å². The van der Waals surface area contributed by atoms with Gasteiger partial charge in [-0.3, -0.25) is 9.78 Å². The number of allylic oxidation sites excluding steroid dienone is 1. The number of aryl methyl sites for hydroxylation is 1. The molecule has 1 saturated carbocycles. The zero-order valence-corrected chi connectivity index (χ0v) is 11.0. The van der Waals surface area contributed by atoms with Gasteiger partial charge in [0.2, 0.25) is 0 Å². The van der Waals surface area contributed by atoms with Crippen molar-refractivity contribution in [3.63, 3.8) is 0 Å². The molecule has 0 saturated heterocycles. The molecule has 0 spiro atoms. The van der Waals surface area contributed by atoms with E-state index >= 15 is 0 Å². The number of rotatable bonds is 3. The van der Waals surface area contributed by atoms with E-state index in [1.54, 1.807) is 0 Å². The Labute approximate surface area is 114 Å². The minimum atomic E-state index is -0.534. The fourth-order valence-electron chi connectivity index (χ4n) is 2.41. The lowest BCUT2D eigenvalue weighted by Gasteiger charge is -2.05. The summed E-state index contributed by atoms with van der Waals surface area (Å²) in [5.74, 6) is 0.878. The van der Waals surface area contributed by atoms with E-state index in [4.69, 9.17) is 0 Å². The van der Waals surface area contributed by atoms with Crippen LogP contribution in [0.1, 0.15) is 23.6 Å². The Kier molecular flexibility index (Phi) is 2.85. The minimum Gasteiger partial charge on any atom is -0.313 e. The lowest BCUT2D eigenvalue weighted by Crippen LogP contribution is -2.23. The zero-order chi connectivity index (χ0) is 14.3. The van der Waals surface area contributed by atoms with Gasteiger partial charge in [0.1, 0.15) is 5.69 Å². The molecule has 0 radical (unpaired) electrons. The van der Waals surface area contributed by atoms with E-state index < -0.39 is 11.2 Å². The quantitative estimate of drug-likeness (QED) is 0.817. The second kappa shape index (κ2) is 4.56. The first kappa shape index (κ1) is 12.5. The maximum atomic E-state index is 11.8. The number of H-pyrrole nitrogens is 2. The van der Waals surface area contributed by atoms with Crippen LogP contribution in [0.4, 0.5) is 0 Å². The van der Waals surface area contributed by atoms with Crippen molar-refractivity contribution in [2.75, 3.05) is 0 Å². The van der Waals surface area contributed by atoms with Crippen LogP contribution in [-0.4, -0.2) is 20.2 Å². The molecule has 6 heteroatoms. The molecule has 6 nitrogen and oxygen atoms in total. The van der Waals surface area contributed by atoms with Gasteiger partial charge in [0, 0.05) is 6.20 Å². The number of nitrogens with zero attached hydrogens (tertiary/aromatic N) is 2. The van der Waals surface area contributed by atoms with Crippen LogP contribution in [0.25, 0.3) is 11.3 Å². The highest BCUT2D eigenvalue weighted by Crippen LogP contribution is 2.49. The Balaban J connectivity index is 2.07. The third-order valence-electron chi connectivity index (χ3n) is 3.65. The lowest BCUT2D eigenvalue weighted by molar-refractivity contribution is 0.907. The third kappa shape index (κ3) is 2.09. The zero-order valence-electron chi connectivity index (χ0n) is 11.0. The second-order valence-electron chi connectivity index (χ2n) is 5.00. The van der Waals surface area contributed by atoms with E-state index in [-0.39, 0.29) is 0 Å². The molecule has 1 fully saturated rings. The molecule has 102 valence electrons. The summed E-state index contributed by atoms with van der Waals surface area (Å²) in [6.07, 6.45) is 4.36. The van der Waals surface area contributed by atoms with Crippen molar-refractivity contribution >= 4 is 0 Å². The molecular weight excluding hydrogens is 256 g/mol. The Morgan fingerprint density at radius 1 is 1.40 bits per heavy atom. The average Bonchev–Trinajstić information content (AvgIpc) is 3.19. The van der Waals surface area contributed by atoms with Crippen LogP contribution in [0.5, 0.6) is 0 Å². The Morgan fingerprint density at radius 2 is 2.20 bits per heavy atom. The fraction of sp³-hybridized carbons (Fsp3) is 0.286. The van der Waals surface area contributed by atoms with Crippen LogP contribution in [0, 0.1) is 12.8 Å². The largest absolute Gasteiger partial charge is 0.325 e. The van der Waals surface area contributed by atoms with E-state index in [1.165, 1.54) is 6.20 Å². The van der Waals surface area contributed by atoms with Gasteiger partial charge in [-0.1, -0.05) is 6.08 Å². The molecule has 0 aliphatic heterocycles. The summed E-state index contributed by atoms with van der Waals surface area (Å²) in [4.78, 5) is 27.4. The SMILES string of the molecule is C=CC1CC1c1cc(-c2c[nH]c(=O)[nH]c2=O)nnc1C. The van der Waals surface area contributed by atoms with Crippen LogP contribution in [0.3, 0.4) is 0 Å². The van der Waals surface area contributed by atoms with Crippen LogP contribution >= 0.6 is 0 Å². The summed E-state index contributed by atoms with van der Waals surface area (Å²) in [7, 11) is 0. The molecule has 2 unspecified atom stereocenters. The number of nitrogens with one attached hydrogen (secondary N) is 2. The molecule has 2 N–H and O–H groups in total. The lowest BCUT2D eigenvalue weighted by atomic mass is 10.1. The monoisotopic (exact) mass is 270 g/mol. The Bertz CT molecular complexity index is 790. The van der Waals surface area contributed by atoms with Crippen molar-refractivity contribution < 1.29 is 0 Å². The van der Waals surface area contributed by atoms with Crippen molar-refractivity contribution in [2.45, 2.75) is 19.3 Å². The fourth-order valence-corrected chi connectivity index (χ4v) is 2.41. The highest BCUT2D eigenvalue weighted by atomic mass is 16.2. The third-order valence-corrected chi connectivity index (χ3v) is 3.65. The van der Waals surface area contributed by atoms with Crippen LogP contribution in [-0.2, 0) is 0 Å². The predicted octanol–water partition coefficient (Wildman–Crippen LogP) is 1.12. The van der Waals surface area contributed by atoms with Crippen LogP contribution < -0.4 is 11.2 Å². The normalized spacial score (nSPS) is 20.6. The molecule has 2 aromatic rings. The van der Waals surface area contributed by atoms with Crippen LogP contribution in [0.15, 0.2) is 34.5 Å². The first-order valence-electron chi connectivity index (χ1n) is 6.39. The second-order valence-corrected chi connectivity index (χ2v) is 5.00. The van der Waals surface area contributed by atoms with Gasteiger partial charge in [0.15, 0.2) is 0 Å². The molecular formula is C14H14N4O2. The van der Waals surface area contributed by atoms with Crippen molar-refractivity contribution in [1.29, 1.82) is 0 Å². The summed E-state index contributed by atoms with van der Waals surface area (Å²) in [5.41, 5.74) is 1.74. The van der Waals surface area contributed by atoms with Crippen molar-refractivity contribution in [3.05, 3.63) is 57.0 Å². The molecule has 0 aromatic carbocycles. The summed E-state index contributed by atoms with van der Waals surface area (Å²) in [6, 6.07) is 1.87. The van der Waals surface area contributed by atoms with Gasteiger partial charge in [-0.2, -0.15) is 5.10 Å². The summed E-state index contributed by atoms with van der Waals surface area (Å²) >= 11 is 0. The van der Waals surface area contributed by atoms with Gasteiger partial charge in [-0.15, -0.1) is 11.7 Å². The number of hydrogen-bond acceptors (Lipinski definition) is 4. The van der Waals surface area contributed by atoms with E-state index in [0.29, 0.717) is 23.1 Å². The highest BCUT2D eigenvalue weighted by molar-refractivity contribution is 5.57. The molecule has 2 aromatic heterocycles. The maximum Gasteiger partial charge on any atom is 0.325 e. The first-order chi connectivity index (χ1) is 9.60. The van der Waals surface area contributed by atoms with Gasteiger partial charge >= 0.3 is 5.69 Å². The van der Waals surface area contributed by atoms with Gasteiger partial charge in [0.25, 0.3) is 5.56 Å². The summed E-state index contributed by atoms with van der Waals surface area (Å²) in [5, 5.41) is 8.16. The molecule has 0 amide bonds. The number of aromatic amines is 2. The van der Waals surface area contributed by atoms with E-state index in [1.807, 2.05) is 19.1 Å². The first-order valence-corrected chi connectivity index (χ1v) is 6.39. The minimum absolute atomic E-state index is 0.314. The van der Waals surface area contributed by atoms with Gasteiger partial charge in [-0.05, 0) is 36.8 Å². The maximum absolute atomic E-state index is 11.8. The molecule has 3 rings (SSSR count).